The first-order valence-corrected chi connectivity index (χ1v) is 11.3. The van der Waals surface area contributed by atoms with Crippen LogP contribution in [0, 0.1) is 6.92 Å². The van der Waals surface area contributed by atoms with Gasteiger partial charge in [0.2, 0.25) is 5.91 Å². The zero-order chi connectivity index (χ0) is 20.4. The molecule has 0 fully saturated rings. The van der Waals surface area contributed by atoms with Gasteiger partial charge in [0.25, 0.3) is 5.91 Å². The monoisotopic (exact) mass is 440 g/mol. The Balaban J connectivity index is 1.54. The summed E-state index contributed by atoms with van der Waals surface area (Å²) in [6.07, 6.45) is 0. The Morgan fingerprint density at radius 2 is 1.97 bits per heavy atom. The topological polar surface area (TPSA) is 98.0 Å². The second-order valence-corrected chi connectivity index (χ2v) is 9.05. The van der Waals surface area contributed by atoms with Gasteiger partial charge in [-0.3, -0.25) is 9.59 Å². The molecule has 6 nitrogen and oxygen atoms in total. The van der Waals surface area contributed by atoms with E-state index in [9.17, 15) is 9.59 Å². The molecule has 29 heavy (non-hydrogen) atoms. The number of carbonyl (C=O) groups excluding carboxylic acids is 2. The van der Waals surface area contributed by atoms with Crippen molar-refractivity contribution < 1.29 is 9.59 Å². The second-order valence-electron chi connectivity index (χ2n) is 6.14. The first-order valence-electron chi connectivity index (χ1n) is 8.65. The average Bonchev–Trinajstić information content (AvgIpc) is 3.33. The zero-order valence-corrected chi connectivity index (χ0v) is 17.8. The molecule has 0 unspecified atom stereocenters. The Kier molecular flexibility index (Phi) is 5.61. The number of fused-ring (bicyclic) bond motifs is 1. The molecule has 4 rings (SSSR count). The van der Waals surface area contributed by atoms with E-state index in [-0.39, 0.29) is 11.7 Å². The minimum atomic E-state index is -0.561. The summed E-state index contributed by atoms with van der Waals surface area (Å²) in [7, 11) is 0. The first-order chi connectivity index (χ1) is 14.0. The lowest BCUT2D eigenvalue weighted by atomic mass is 10.2. The van der Waals surface area contributed by atoms with Crippen molar-refractivity contribution in [3.8, 4) is 10.4 Å². The van der Waals surface area contributed by atoms with Crippen LogP contribution >= 0.6 is 34.4 Å². The molecule has 0 bridgehead atoms. The van der Waals surface area contributed by atoms with Crippen LogP contribution in [0.1, 0.15) is 16.2 Å². The Bertz CT molecular complexity index is 1200. The Morgan fingerprint density at radius 1 is 1.17 bits per heavy atom. The van der Waals surface area contributed by atoms with Gasteiger partial charge in [-0.05, 0) is 30.0 Å². The number of nitrogens with two attached hydrogens (primary N) is 1. The highest BCUT2D eigenvalue weighted by atomic mass is 32.2. The van der Waals surface area contributed by atoms with E-state index in [1.54, 1.807) is 22.8 Å². The maximum atomic E-state index is 12.4. The van der Waals surface area contributed by atoms with Crippen LogP contribution in [-0.2, 0) is 4.79 Å². The molecule has 146 valence electrons. The lowest BCUT2D eigenvalue weighted by Gasteiger charge is -2.05. The van der Waals surface area contributed by atoms with Crippen LogP contribution < -0.4 is 11.1 Å². The van der Waals surface area contributed by atoms with Crippen LogP contribution in [0.5, 0.6) is 0 Å². The number of anilines is 1. The van der Waals surface area contributed by atoms with E-state index in [2.05, 4.69) is 33.5 Å². The maximum absolute atomic E-state index is 12.4. The summed E-state index contributed by atoms with van der Waals surface area (Å²) in [5.74, 6) is 0.0473. The van der Waals surface area contributed by atoms with Crippen LogP contribution in [0.25, 0.3) is 20.7 Å². The third-order valence-corrected chi connectivity index (χ3v) is 6.95. The van der Waals surface area contributed by atoms with Gasteiger partial charge >= 0.3 is 0 Å². The van der Waals surface area contributed by atoms with Crippen molar-refractivity contribution in [2.45, 2.75) is 11.9 Å². The summed E-state index contributed by atoms with van der Waals surface area (Å²) in [4.78, 5) is 34.9. The smallest absolute Gasteiger partial charge is 0.251 e. The molecule has 4 aromatic rings. The Hall–Kier alpha value is -2.75. The van der Waals surface area contributed by atoms with E-state index in [4.69, 9.17) is 5.73 Å². The number of nitrogens with one attached hydrogen (secondary N) is 1. The molecule has 0 saturated carbocycles. The minimum Gasteiger partial charge on any atom is -0.366 e. The molecular weight excluding hydrogens is 424 g/mol. The molecule has 0 spiro atoms. The number of amides is 2. The first kappa shape index (κ1) is 19.6. The number of aromatic nitrogens is 2. The van der Waals surface area contributed by atoms with Crippen LogP contribution in [0.2, 0.25) is 0 Å². The average molecular weight is 441 g/mol. The van der Waals surface area contributed by atoms with Crippen LogP contribution in [0.15, 0.2) is 52.9 Å². The van der Waals surface area contributed by atoms with Crippen LogP contribution in [0.4, 0.5) is 5.00 Å². The normalized spacial score (nSPS) is 10.9. The van der Waals surface area contributed by atoms with Gasteiger partial charge in [0, 0.05) is 10.3 Å². The SMILES string of the molecule is Cc1nc(SCC(=O)Nc2sccc2C(N)=O)c2cc(-c3ccccc3)sc2n1. The van der Waals surface area contributed by atoms with E-state index in [0.29, 0.717) is 16.4 Å². The fourth-order valence-electron chi connectivity index (χ4n) is 2.75. The number of thiophene rings is 2. The fourth-order valence-corrected chi connectivity index (χ4v) is 5.55. The molecule has 0 aliphatic heterocycles. The third-order valence-electron chi connectivity index (χ3n) is 4.05. The van der Waals surface area contributed by atoms with Gasteiger partial charge < -0.3 is 11.1 Å². The number of benzene rings is 1. The van der Waals surface area contributed by atoms with Crippen molar-refractivity contribution in [2.75, 3.05) is 11.1 Å². The van der Waals surface area contributed by atoms with Crippen molar-refractivity contribution in [2.24, 2.45) is 5.73 Å². The highest BCUT2D eigenvalue weighted by Crippen LogP contribution is 2.36. The number of thioether (sulfide) groups is 1. The molecule has 3 aromatic heterocycles. The number of hydrogen-bond donors (Lipinski definition) is 2. The zero-order valence-electron chi connectivity index (χ0n) is 15.3. The predicted molar refractivity (Wildman–Crippen MR) is 120 cm³/mol. The van der Waals surface area contributed by atoms with Gasteiger partial charge in [0.15, 0.2) is 0 Å². The molecule has 0 saturated heterocycles. The lowest BCUT2D eigenvalue weighted by Crippen LogP contribution is -2.17. The highest BCUT2D eigenvalue weighted by molar-refractivity contribution is 8.00. The molecule has 0 aliphatic rings. The summed E-state index contributed by atoms with van der Waals surface area (Å²) in [6, 6.07) is 13.8. The molecule has 3 N–H and O–H groups in total. The van der Waals surface area contributed by atoms with Crippen molar-refractivity contribution in [3.63, 3.8) is 0 Å². The number of primary amides is 1. The van der Waals surface area contributed by atoms with E-state index in [1.807, 2.05) is 25.1 Å². The van der Waals surface area contributed by atoms with Crippen molar-refractivity contribution >= 4 is 61.5 Å². The van der Waals surface area contributed by atoms with Gasteiger partial charge in [-0.25, -0.2) is 9.97 Å². The molecule has 2 amide bonds. The molecule has 0 atom stereocenters. The molecular formula is C20H16N4O2S3. The number of aryl methyl sites for hydroxylation is 1. The third kappa shape index (κ3) is 4.31. The summed E-state index contributed by atoms with van der Waals surface area (Å²) < 4.78 is 0. The van der Waals surface area contributed by atoms with E-state index < -0.39 is 5.91 Å². The van der Waals surface area contributed by atoms with Gasteiger partial charge in [-0.1, -0.05) is 42.1 Å². The number of carbonyl (C=O) groups is 2. The van der Waals surface area contributed by atoms with Gasteiger partial charge in [0.05, 0.1) is 11.3 Å². The lowest BCUT2D eigenvalue weighted by molar-refractivity contribution is -0.113. The van der Waals surface area contributed by atoms with Crippen molar-refractivity contribution in [3.05, 3.63) is 59.2 Å². The van der Waals surface area contributed by atoms with Crippen molar-refractivity contribution in [1.82, 2.24) is 9.97 Å². The molecule has 0 aliphatic carbocycles. The number of rotatable bonds is 6. The van der Waals surface area contributed by atoms with E-state index >= 15 is 0 Å². The number of nitrogens with zero attached hydrogens (tertiary/aromatic N) is 2. The largest absolute Gasteiger partial charge is 0.366 e. The van der Waals surface area contributed by atoms with Gasteiger partial charge in [0.1, 0.15) is 20.7 Å². The second kappa shape index (κ2) is 8.32. The van der Waals surface area contributed by atoms with Gasteiger partial charge in [-0.2, -0.15) is 0 Å². The standard InChI is InChI=1S/C20H16N4O2S3/c1-11-22-19(28-10-16(25)24-18-13(17(21)26)7-8-27-18)14-9-15(29-20(14)23-11)12-5-3-2-4-6-12/h2-9H,10H2,1H3,(H2,21,26)(H,24,25). The van der Waals surface area contributed by atoms with E-state index in [1.165, 1.54) is 23.1 Å². The molecule has 0 radical (unpaired) electrons. The number of hydrogen-bond acceptors (Lipinski definition) is 7. The summed E-state index contributed by atoms with van der Waals surface area (Å²) in [6.45, 7) is 1.84. The van der Waals surface area contributed by atoms with Crippen LogP contribution in [-0.4, -0.2) is 27.5 Å². The predicted octanol–water partition coefficient (Wildman–Crippen LogP) is 4.56. The molecule has 3 heterocycles. The minimum absolute atomic E-state index is 0.165. The Morgan fingerprint density at radius 3 is 2.72 bits per heavy atom. The van der Waals surface area contributed by atoms with Gasteiger partial charge in [-0.15, -0.1) is 22.7 Å². The van der Waals surface area contributed by atoms with Crippen LogP contribution in [0.3, 0.4) is 0 Å². The Labute approximate surface area is 179 Å². The molecule has 9 heteroatoms. The maximum Gasteiger partial charge on any atom is 0.251 e. The van der Waals surface area contributed by atoms with E-state index in [0.717, 1.165) is 25.7 Å². The fraction of sp³-hybridized carbons (Fsp3) is 0.100. The summed E-state index contributed by atoms with van der Waals surface area (Å²) >= 11 is 4.22. The van der Waals surface area contributed by atoms with Crippen molar-refractivity contribution in [1.29, 1.82) is 0 Å². The summed E-state index contributed by atoms with van der Waals surface area (Å²) in [5, 5.41) is 6.64. The molecule has 1 aromatic carbocycles. The summed E-state index contributed by atoms with van der Waals surface area (Å²) in [5.41, 5.74) is 6.77. The quantitative estimate of drug-likeness (QED) is 0.338. The highest BCUT2D eigenvalue weighted by Gasteiger charge is 2.16.